The zero-order chi connectivity index (χ0) is 20.6. The molecule has 0 radical (unpaired) electrons. The summed E-state index contributed by atoms with van der Waals surface area (Å²) in [6.45, 7) is 4.08. The van der Waals surface area contributed by atoms with E-state index < -0.39 is 12.0 Å². The first-order valence-corrected chi connectivity index (χ1v) is 9.77. The van der Waals surface area contributed by atoms with Gasteiger partial charge in [0.15, 0.2) is 0 Å². The predicted octanol–water partition coefficient (Wildman–Crippen LogP) is 4.95. The Hall–Kier alpha value is -3.40. The average Bonchev–Trinajstić information content (AvgIpc) is 2.78. The molecule has 0 N–H and O–H groups in total. The Kier molecular flexibility index (Phi) is 6.80. The Morgan fingerprint density at radius 2 is 1.38 bits per heavy atom. The number of carbonyl (C=O) groups is 2. The number of carbonyl (C=O) groups excluding carboxylic acids is 2. The van der Waals surface area contributed by atoms with Crippen LogP contribution in [0.2, 0.25) is 0 Å². The summed E-state index contributed by atoms with van der Waals surface area (Å²) in [4.78, 5) is 27.2. The summed E-state index contributed by atoms with van der Waals surface area (Å²) < 4.78 is 5.15. The van der Waals surface area contributed by atoms with Crippen LogP contribution in [0.4, 0.5) is 0 Å². The van der Waals surface area contributed by atoms with E-state index in [4.69, 9.17) is 4.74 Å². The van der Waals surface area contributed by atoms with Gasteiger partial charge >= 0.3 is 5.97 Å². The van der Waals surface area contributed by atoms with Gasteiger partial charge in [0.05, 0.1) is 6.61 Å². The van der Waals surface area contributed by atoms with Gasteiger partial charge in [-0.3, -0.25) is 4.79 Å². The van der Waals surface area contributed by atoms with Gasteiger partial charge in [0, 0.05) is 12.1 Å². The molecule has 4 heteroatoms. The highest BCUT2D eigenvalue weighted by Gasteiger charge is 2.28. The summed E-state index contributed by atoms with van der Waals surface area (Å²) in [5.41, 5.74) is 3.62. The van der Waals surface area contributed by atoms with Gasteiger partial charge in [-0.05, 0) is 42.7 Å². The predicted molar refractivity (Wildman–Crippen MR) is 114 cm³/mol. The maximum atomic E-state index is 13.3. The first kappa shape index (κ1) is 20.3. The third-order valence-electron chi connectivity index (χ3n) is 4.79. The van der Waals surface area contributed by atoms with E-state index in [2.05, 4.69) is 0 Å². The van der Waals surface area contributed by atoms with E-state index in [9.17, 15) is 9.59 Å². The fraction of sp³-hybridized carbons (Fsp3) is 0.200. The number of ether oxygens (including phenoxy) is 1. The Morgan fingerprint density at radius 1 is 0.828 bits per heavy atom. The van der Waals surface area contributed by atoms with Crippen LogP contribution in [0, 0.1) is 0 Å². The molecule has 1 atom stereocenters. The molecule has 148 valence electrons. The van der Waals surface area contributed by atoms with Gasteiger partial charge in [-0.25, -0.2) is 4.79 Å². The molecule has 1 amide bonds. The molecule has 0 bridgehead atoms. The SMILES string of the molecule is CCOC(=O)C(C)N(Cc1ccccc1)C(=O)c1ccc(-c2ccccc2)cc1. The first-order chi connectivity index (χ1) is 14.1. The van der Waals surface area contributed by atoms with Crippen LogP contribution in [0.1, 0.15) is 29.8 Å². The molecule has 0 heterocycles. The zero-order valence-electron chi connectivity index (χ0n) is 16.7. The van der Waals surface area contributed by atoms with E-state index in [-0.39, 0.29) is 12.5 Å². The summed E-state index contributed by atoms with van der Waals surface area (Å²) in [6.07, 6.45) is 0. The lowest BCUT2D eigenvalue weighted by Crippen LogP contribution is -2.43. The van der Waals surface area contributed by atoms with Crippen molar-refractivity contribution in [2.45, 2.75) is 26.4 Å². The normalized spacial score (nSPS) is 11.5. The molecule has 29 heavy (non-hydrogen) atoms. The Morgan fingerprint density at radius 3 is 1.97 bits per heavy atom. The Bertz CT molecular complexity index is 937. The van der Waals surface area contributed by atoms with E-state index in [1.807, 2.05) is 72.8 Å². The van der Waals surface area contributed by atoms with Gasteiger partial charge in [-0.15, -0.1) is 0 Å². The lowest BCUT2D eigenvalue weighted by Gasteiger charge is -2.28. The average molecular weight is 387 g/mol. The molecular weight excluding hydrogens is 362 g/mol. The van der Waals surface area contributed by atoms with Gasteiger partial charge in [-0.1, -0.05) is 72.8 Å². The van der Waals surface area contributed by atoms with Crippen molar-refractivity contribution >= 4 is 11.9 Å². The summed E-state index contributed by atoms with van der Waals surface area (Å²) in [5.74, 6) is -0.605. The van der Waals surface area contributed by atoms with Crippen molar-refractivity contribution < 1.29 is 14.3 Å². The van der Waals surface area contributed by atoms with Gasteiger partial charge in [0.1, 0.15) is 6.04 Å². The smallest absolute Gasteiger partial charge is 0.328 e. The van der Waals surface area contributed by atoms with Crippen LogP contribution in [-0.4, -0.2) is 29.4 Å². The summed E-state index contributed by atoms with van der Waals surface area (Å²) >= 11 is 0. The van der Waals surface area contributed by atoms with Crippen LogP contribution in [0.5, 0.6) is 0 Å². The number of benzene rings is 3. The minimum Gasteiger partial charge on any atom is -0.464 e. The van der Waals surface area contributed by atoms with Crippen molar-refractivity contribution in [3.05, 3.63) is 96.1 Å². The van der Waals surface area contributed by atoms with Crippen LogP contribution in [0.3, 0.4) is 0 Å². The topological polar surface area (TPSA) is 46.6 Å². The van der Waals surface area contributed by atoms with Crippen molar-refractivity contribution in [1.82, 2.24) is 4.90 Å². The van der Waals surface area contributed by atoms with Crippen molar-refractivity contribution in [3.8, 4) is 11.1 Å². The van der Waals surface area contributed by atoms with Gasteiger partial charge in [-0.2, -0.15) is 0 Å². The van der Waals surface area contributed by atoms with Gasteiger partial charge < -0.3 is 9.64 Å². The first-order valence-electron chi connectivity index (χ1n) is 9.77. The third kappa shape index (κ3) is 5.11. The number of esters is 1. The molecule has 0 saturated heterocycles. The zero-order valence-corrected chi connectivity index (χ0v) is 16.7. The molecule has 3 aromatic carbocycles. The molecule has 0 spiro atoms. The molecule has 0 aliphatic carbocycles. The number of amides is 1. The van der Waals surface area contributed by atoms with Crippen LogP contribution < -0.4 is 0 Å². The number of hydrogen-bond donors (Lipinski definition) is 0. The summed E-state index contributed by atoms with van der Waals surface area (Å²) in [7, 11) is 0. The van der Waals surface area contributed by atoms with E-state index in [0.717, 1.165) is 16.7 Å². The Labute approximate surface area is 171 Å². The van der Waals surface area contributed by atoms with Gasteiger partial charge in [0.2, 0.25) is 0 Å². The second-order valence-corrected chi connectivity index (χ2v) is 6.79. The van der Waals surface area contributed by atoms with Gasteiger partial charge in [0.25, 0.3) is 5.91 Å². The molecule has 0 saturated carbocycles. The van der Waals surface area contributed by atoms with Crippen LogP contribution in [0.25, 0.3) is 11.1 Å². The lowest BCUT2D eigenvalue weighted by molar-refractivity contribution is -0.148. The molecular formula is C25H25NO3. The molecule has 3 rings (SSSR count). The van der Waals surface area contributed by atoms with Crippen molar-refractivity contribution in [1.29, 1.82) is 0 Å². The fourth-order valence-electron chi connectivity index (χ4n) is 3.16. The quantitative estimate of drug-likeness (QED) is 0.539. The van der Waals surface area contributed by atoms with Crippen molar-refractivity contribution in [3.63, 3.8) is 0 Å². The maximum Gasteiger partial charge on any atom is 0.328 e. The minimum absolute atomic E-state index is 0.200. The third-order valence-corrected chi connectivity index (χ3v) is 4.79. The second-order valence-electron chi connectivity index (χ2n) is 6.79. The monoisotopic (exact) mass is 387 g/mol. The maximum absolute atomic E-state index is 13.3. The summed E-state index contributed by atoms with van der Waals surface area (Å²) in [6, 6.07) is 26.4. The Balaban J connectivity index is 1.86. The van der Waals surface area contributed by atoms with E-state index in [1.54, 1.807) is 30.9 Å². The fourth-order valence-corrected chi connectivity index (χ4v) is 3.16. The largest absolute Gasteiger partial charge is 0.464 e. The standard InChI is InChI=1S/C25H25NO3/c1-3-29-25(28)19(2)26(18-20-10-6-4-7-11-20)24(27)23-16-14-22(15-17-23)21-12-8-5-9-13-21/h4-17,19H,3,18H2,1-2H3. The number of rotatable bonds is 7. The molecule has 0 aromatic heterocycles. The highest BCUT2D eigenvalue weighted by molar-refractivity contribution is 5.97. The van der Waals surface area contributed by atoms with Crippen LogP contribution in [-0.2, 0) is 16.1 Å². The number of nitrogens with zero attached hydrogens (tertiary/aromatic N) is 1. The molecule has 3 aromatic rings. The van der Waals surface area contributed by atoms with Crippen molar-refractivity contribution in [2.24, 2.45) is 0 Å². The summed E-state index contributed by atoms with van der Waals surface area (Å²) in [5, 5.41) is 0. The second kappa shape index (κ2) is 9.69. The van der Waals surface area contributed by atoms with E-state index in [0.29, 0.717) is 12.1 Å². The lowest BCUT2D eigenvalue weighted by atomic mass is 10.0. The van der Waals surface area contributed by atoms with Crippen molar-refractivity contribution in [2.75, 3.05) is 6.61 Å². The van der Waals surface area contributed by atoms with Crippen LogP contribution >= 0.6 is 0 Å². The van der Waals surface area contributed by atoms with E-state index >= 15 is 0 Å². The molecule has 1 unspecified atom stereocenters. The highest BCUT2D eigenvalue weighted by atomic mass is 16.5. The highest BCUT2D eigenvalue weighted by Crippen LogP contribution is 2.21. The molecule has 0 fully saturated rings. The molecule has 4 nitrogen and oxygen atoms in total. The van der Waals surface area contributed by atoms with Crippen LogP contribution in [0.15, 0.2) is 84.9 Å². The molecule has 0 aliphatic rings. The minimum atomic E-state index is -0.684. The van der Waals surface area contributed by atoms with E-state index in [1.165, 1.54) is 0 Å². The molecule has 0 aliphatic heterocycles. The number of hydrogen-bond acceptors (Lipinski definition) is 3.